The summed E-state index contributed by atoms with van der Waals surface area (Å²) in [5, 5.41) is 3.25. The summed E-state index contributed by atoms with van der Waals surface area (Å²) in [6, 6.07) is 6.79. The predicted molar refractivity (Wildman–Crippen MR) is 78.5 cm³/mol. The molecule has 1 aromatic carbocycles. The molecule has 0 aliphatic carbocycles. The van der Waals surface area contributed by atoms with Crippen LogP contribution in [0.4, 0.5) is 0 Å². The first-order valence-corrected chi connectivity index (χ1v) is 8.55. The highest BCUT2D eigenvalue weighted by Crippen LogP contribution is 2.16. The second kappa shape index (κ2) is 7.26. The van der Waals surface area contributed by atoms with Crippen molar-refractivity contribution in [3.05, 3.63) is 28.7 Å². The number of halogens is 1. The predicted octanol–water partition coefficient (Wildman–Crippen LogP) is 2.86. The van der Waals surface area contributed by atoms with Crippen LogP contribution in [0.1, 0.15) is 20.3 Å². The van der Waals surface area contributed by atoms with Gasteiger partial charge in [-0.3, -0.25) is 0 Å². The topological polar surface area (TPSA) is 46.2 Å². The lowest BCUT2D eigenvalue weighted by Gasteiger charge is -2.08. The number of sulfone groups is 1. The van der Waals surface area contributed by atoms with Gasteiger partial charge >= 0.3 is 0 Å². The molecule has 0 heterocycles. The highest BCUT2D eigenvalue weighted by Gasteiger charge is 2.13. The summed E-state index contributed by atoms with van der Waals surface area (Å²) >= 11 is 3.29. The van der Waals surface area contributed by atoms with Gasteiger partial charge in [-0.2, -0.15) is 0 Å². The minimum absolute atomic E-state index is 0.194. The Labute approximate surface area is 118 Å². The van der Waals surface area contributed by atoms with Crippen molar-refractivity contribution in [1.29, 1.82) is 0 Å². The largest absolute Gasteiger partial charge is 0.316 e. The highest BCUT2D eigenvalue weighted by molar-refractivity contribution is 9.10. The molecule has 0 radical (unpaired) electrons. The minimum Gasteiger partial charge on any atom is -0.316 e. The SMILES string of the molecule is CC(C)CNCCCS(=O)(=O)c1ccc(Br)cc1. The Morgan fingerprint density at radius 3 is 2.39 bits per heavy atom. The second-order valence-electron chi connectivity index (χ2n) is 4.72. The van der Waals surface area contributed by atoms with Gasteiger partial charge in [0.2, 0.25) is 0 Å². The van der Waals surface area contributed by atoms with Crippen LogP contribution in [-0.2, 0) is 9.84 Å². The summed E-state index contributed by atoms with van der Waals surface area (Å²) in [6.07, 6.45) is 0.644. The molecule has 0 saturated carbocycles. The molecule has 0 bridgehead atoms. The maximum absolute atomic E-state index is 12.0. The van der Waals surface area contributed by atoms with Crippen LogP contribution in [-0.4, -0.2) is 27.3 Å². The highest BCUT2D eigenvalue weighted by atomic mass is 79.9. The summed E-state index contributed by atoms with van der Waals surface area (Å²) in [4.78, 5) is 0.398. The molecule has 0 unspecified atom stereocenters. The summed E-state index contributed by atoms with van der Waals surface area (Å²) in [5.74, 6) is 0.785. The van der Waals surface area contributed by atoms with Crippen LogP contribution in [0.2, 0.25) is 0 Å². The van der Waals surface area contributed by atoms with Gasteiger partial charge in [0.1, 0.15) is 0 Å². The molecule has 5 heteroatoms. The lowest BCUT2D eigenvalue weighted by Crippen LogP contribution is -2.22. The molecule has 18 heavy (non-hydrogen) atoms. The maximum Gasteiger partial charge on any atom is 0.178 e. The van der Waals surface area contributed by atoms with E-state index in [2.05, 4.69) is 35.1 Å². The molecule has 0 aliphatic heterocycles. The maximum atomic E-state index is 12.0. The van der Waals surface area contributed by atoms with E-state index < -0.39 is 9.84 Å². The molecule has 1 aromatic rings. The molecule has 0 spiro atoms. The van der Waals surface area contributed by atoms with Gasteiger partial charge in [0.05, 0.1) is 10.6 Å². The average molecular weight is 334 g/mol. The lowest BCUT2D eigenvalue weighted by molar-refractivity contribution is 0.546. The van der Waals surface area contributed by atoms with E-state index in [0.717, 1.165) is 17.6 Å². The normalized spacial score (nSPS) is 12.0. The molecule has 0 fully saturated rings. The van der Waals surface area contributed by atoms with Crippen molar-refractivity contribution in [2.24, 2.45) is 5.92 Å². The standard InChI is InChI=1S/C13H20BrNO2S/c1-11(2)10-15-8-3-9-18(16,17)13-6-4-12(14)5-7-13/h4-7,11,15H,3,8-10H2,1-2H3. The van der Waals surface area contributed by atoms with Crippen molar-refractivity contribution in [3.8, 4) is 0 Å². The van der Waals surface area contributed by atoms with Crippen molar-refractivity contribution in [2.45, 2.75) is 25.2 Å². The Balaban J connectivity index is 2.43. The molecular weight excluding hydrogens is 314 g/mol. The van der Waals surface area contributed by atoms with Gasteiger partial charge in [-0.15, -0.1) is 0 Å². The van der Waals surface area contributed by atoms with Crippen molar-refractivity contribution in [2.75, 3.05) is 18.8 Å². The van der Waals surface area contributed by atoms with Gasteiger partial charge in [0.25, 0.3) is 0 Å². The molecule has 1 N–H and O–H groups in total. The quantitative estimate of drug-likeness (QED) is 0.780. The summed E-state index contributed by atoms with van der Waals surface area (Å²) in [5.41, 5.74) is 0. The zero-order chi connectivity index (χ0) is 13.6. The zero-order valence-electron chi connectivity index (χ0n) is 10.8. The monoisotopic (exact) mass is 333 g/mol. The fraction of sp³-hybridized carbons (Fsp3) is 0.538. The average Bonchev–Trinajstić information content (AvgIpc) is 2.28. The molecular formula is C13H20BrNO2S. The number of hydrogen-bond acceptors (Lipinski definition) is 3. The molecule has 102 valence electrons. The van der Waals surface area contributed by atoms with Crippen molar-refractivity contribution in [3.63, 3.8) is 0 Å². The van der Waals surface area contributed by atoms with Crippen LogP contribution in [0, 0.1) is 5.92 Å². The molecule has 0 atom stereocenters. The second-order valence-corrected chi connectivity index (χ2v) is 7.75. The van der Waals surface area contributed by atoms with Gasteiger partial charge in [-0.25, -0.2) is 8.42 Å². The van der Waals surface area contributed by atoms with E-state index in [-0.39, 0.29) is 5.75 Å². The first-order valence-electron chi connectivity index (χ1n) is 6.11. The Bertz CT molecular complexity index is 454. The minimum atomic E-state index is -3.14. The van der Waals surface area contributed by atoms with Crippen LogP contribution in [0.25, 0.3) is 0 Å². The number of rotatable bonds is 7. The first kappa shape index (κ1) is 15.7. The van der Waals surface area contributed by atoms with Gasteiger partial charge < -0.3 is 5.32 Å². The van der Waals surface area contributed by atoms with Crippen LogP contribution >= 0.6 is 15.9 Å². The van der Waals surface area contributed by atoms with E-state index in [1.54, 1.807) is 24.3 Å². The van der Waals surface area contributed by atoms with Crippen molar-refractivity contribution >= 4 is 25.8 Å². The molecule has 0 saturated heterocycles. The van der Waals surface area contributed by atoms with Crippen LogP contribution in [0.3, 0.4) is 0 Å². The third-order valence-corrected chi connectivity index (χ3v) is 4.84. The van der Waals surface area contributed by atoms with Gasteiger partial charge in [0.15, 0.2) is 9.84 Å². The Morgan fingerprint density at radius 1 is 1.22 bits per heavy atom. The lowest BCUT2D eigenvalue weighted by atomic mass is 10.2. The Kier molecular flexibility index (Phi) is 6.32. The van der Waals surface area contributed by atoms with E-state index >= 15 is 0 Å². The smallest absolute Gasteiger partial charge is 0.178 e. The fourth-order valence-electron chi connectivity index (χ4n) is 1.54. The van der Waals surface area contributed by atoms with Crippen molar-refractivity contribution < 1.29 is 8.42 Å². The molecule has 3 nitrogen and oxygen atoms in total. The Morgan fingerprint density at radius 2 is 1.83 bits per heavy atom. The summed E-state index contributed by atoms with van der Waals surface area (Å²) < 4.78 is 24.9. The van der Waals surface area contributed by atoms with E-state index in [1.807, 2.05) is 0 Å². The summed E-state index contributed by atoms with van der Waals surface area (Å²) in [7, 11) is -3.14. The van der Waals surface area contributed by atoms with Gasteiger partial charge in [-0.1, -0.05) is 29.8 Å². The fourth-order valence-corrected chi connectivity index (χ4v) is 3.11. The van der Waals surface area contributed by atoms with E-state index in [9.17, 15) is 8.42 Å². The van der Waals surface area contributed by atoms with Crippen LogP contribution in [0.15, 0.2) is 33.6 Å². The van der Waals surface area contributed by atoms with E-state index in [0.29, 0.717) is 17.2 Å². The van der Waals surface area contributed by atoms with E-state index in [1.165, 1.54) is 0 Å². The number of benzene rings is 1. The van der Waals surface area contributed by atoms with Gasteiger partial charge in [0, 0.05) is 4.47 Å². The third kappa shape index (κ3) is 5.50. The number of hydrogen-bond donors (Lipinski definition) is 1. The molecule has 0 aromatic heterocycles. The third-order valence-electron chi connectivity index (χ3n) is 2.49. The molecule has 0 aliphatic rings. The summed E-state index contributed by atoms with van der Waals surface area (Å²) in [6.45, 7) is 5.93. The van der Waals surface area contributed by atoms with Crippen LogP contribution < -0.4 is 5.32 Å². The molecule has 1 rings (SSSR count). The van der Waals surface area contributed by atoms with Crippen molar-refractivity contribution in [1.82, 2.24) is 5.32 Å². The molecule has 0 amide bonds. The first-order chi connectivity index (χ1) is 8.42. The Hall–Kier alpha value is -0.390. The zero-order valence-corrected chi connectivity index (χ0v) is 13.2. The number of nitrogens with one attached hydrogen (secondary N) is 1. The van der Waals surface area contributed by atoms with Crippen LogP contribution in [0.5, 0.6) is 0 Å². The van der Waals surface area contributed by atoms with E-state index in [4.69, 9.17) is 0 Å². The van der Waals surface area contributed by atoms with Gasteiger partial charge in [-0.05, 0) is 49.7 Å².